The van der Waals surface area contributed by atoms with Gasteiger partial charge in [0.05, 0.1) is 0 Å². The van der Waals surface area contributed by atoms with Gasteiger partial charge in [-0.15, -0.1) is 6.58 Å². The molecule has 0 fully saturated rings. The van der Waals surface area contributed by atoms with Gasteiger partial charge < -0.3 is 5.11 Å². The lowest BCUT2D eigenvalue weighted by Crippen LogP contribution is -2.30. The van der Waals surface area contributed by atoms with Gasteiger partial charge in [0, 0.05) is 16.6 Å². The zero-order chi connectivity index (χ0) is 14.0. The highest BCUT2D eigenvalue weighted by Crippen LogP contribution is 2.30. The standard InChI is InChI=1S/C13H11BrN2O3/c1-2-7-16-12(18)10(11(17)15-13(16)19)8-5-3-4-6-9(8)14/h2-6,18H,1,7H2,(H,15,17,19). The smallest absolute Gasteiger partial charge is 0.331 e. The fourth-order valence-electron chi connectivity index (χ4n) is 1.76. The van der Waals surface area contributed by atoms with Crippen LogP contribution in [0.15, 0.2) is 51.0 Å². The van der Waals surface area contributed by atoms with Gasteiger partial charge in [-0.05, 0) is 6.07 Å². The predicted molar refractivity (Wildman–Crippen MR) is 76.3 cm³/mol. The molecule has 2 aromatic rings. The van der Waals surface area contributed by atoms with Crippen LogP contribution in [0.1, 0.15) is 0 Å². The largest absolute Gasteiger partial charge is 0.494 e. The molecule has 0 radical (unpaired) electrons. The van der Waals surface area contributed by atoms with Crippen LogP contribution in [-0.2, 0) is 6.54 Å². The third kappa shape index (κ3) is 2.39. The van der Waals surface area contributed by atoms with Crippen LogP contribution in [0, 0.1) is 0 Å². The Hall–Kier alpha value is -2.08. The fraction of sp³-hybridized carbons (Fsp3) is 0.0769. The van der Waals surface area contributed by atoms with E-state index in [-0.39, 0.29) is 18.0 Å². The number of aromatic hydroxyl groups is 1. The Morgan fingerprint density at radius 3 is 2.68 bits per heavy atom. The van der Waals surface area contributed by atoms with Gasteiger partial charge in [0.1, 0.15) is 5.56 Å². The van der Waals surface area contributed by atoms with E-state index in [0.29, 0.717) is 10.0 Å². The van der Waals surface area contributed by atoms with Crippen LogP contribution in [0.25, 0.3) is 11.1 Å². The van der Waals surface area contributed by atoms with Gasteiger partial charge in [-0.1, -0.05) is 40.2 Å². The van der Waals surface area contributed by atoms with Crippen molar-refractivity contribution in [2.24, 2.45) is 0 Å². The maximum Gasteiger partial charge on any atom is 0.331 e. The van der Waals surface area contributed by atoms with Gasteiger partial charge >= 0.3 is 5.69 Å². The third-order valence-corrected chi connectivity index (χ3v) is 3.32. The van der Waals surface area contributed by atoms with Crippen molar-refractivity contribution in [3.8, 4) is 17.0 Å². The number of halogens is 1. The molecule has 0 bridgehead atoms. The lowest BCUT2D eigenvalue weighted by Gasteiger charge is -2.10. The Labute approximate surface area is 117 Å². The monoisotopic (exact) mass is 322 g/mol. The van der Waals surface area contributed by atoms with Gasteiger partial charge in [-0.25, -0.2) is 4.79 Å². The van der Waals surface area contributed by atoms with Crippen LogP contribution in [0.3, 0.4) is 0 Å². The van der Waals surface area contributed by atoms with Crippen LogP contribution in [0.4, 0.5) is 0 Å². The quantitative estimate of drug-likeness (QED) is 0.847. The van der Waals surface area contributed by atoms with E-state index in [2.05, 4.69) is 27.5 Å². The minimum Gasteiger partial charge on any atom is -0.494 e. The SMILES string of the molecule is C=CCn1c(O)c(-c2ccccc2Br)c(=O)[nH]c1=O. The van der Waals surface area contributed by atoms with E-state index < -0.39 is 11.2 Å². The highest BCUT2D eigenvalue weighted by molar-refractivity contribution is 9.10. The number of aromatic amines is 1. The number of hydrogen-bond acceptors (Lipinski definition) is 3. The molecule has 0 aliphatic rings. The summed E-state index contributed by atoms with van der Waals surface area (Å²) >= 11 is 3.31. The van der Waals surface area contributed by atoms with Crippen molar-refractivity contribution in [3.63, 3.8) is 0 Å². The predicted octanol–water partition coefficient (Wildman–Crippen LogP) is 1.86. The number of nitrogens with zero attached hydrogens (tertiary/aromatic N) is 1. The molecule has 0 unspecified atom stereocenters. The first-order valence-corrected chi connectivity index (χ1v) is 6.27. The van der Waals surface area contributed by atoms with E-state index in [1.165, 1.54) is 6.08 Å². The first kappa shape index (κ1) is 13.4. The van der Waals surface area contributed by atoms with Crippen molar-refractivity contribution >= 4 is 15.9 Å². The number of hydrogen-bond donors (Lipinski definition) is 2. The third-order valence-electron chi connectivity index (χ3n) is 2.63. The van der Waals surface area contributed by atoms with Gasteiger partial charge in [-0.2, -0.15) is 0 Å². The number of benzene rings is 1. The van der Waals surface area contributed by atoms with E-state index in [1.807, 2.05) is 0 Å². The van der Waals surface area contributed by atoms with Crippen LogP contribution in [0.2, 0.25) is 0 Å². The summed E-state index contributed by atoms with van der Waals surface area (Å²) in [5, 5.41) is 10.1. The summed E-state index contributed by atoms with van der Waals surface area (Å²) in [7, 11) is 0. The Kier molecular flexibility index (Phi) is 3.71. The molecule has 98 valence electrons. The second-order valence-electron chi connectivity index (χ2n) is 3.84. The topological polar surface area (TPSA) is 75.1 Å². The van der Waals surface area contributed by atoms with Gasteiger partial charge in [0.15, 0.2) is 0 Å². The molecule has 0 amide bonds. The number of H-pyrrole nitrogens is 1. The van der Waals surface area contributed by atoms with Crippen LogP contribution < -0.4 is 11.2 Å². The molecule has 2 N–H and O–H groups in total. The highest BCUT2D eigenvalue weighted by Gasteiger charge is 2.16. The Morgan fingerprint density at radius 2 is 2.05 bits per heavy atom. The summed E-state index contributed by atoms with van der Waals surface area (Å²) in [4.78, 5) is 25.7. The lowest BCUT2D eigenvalue weighted by molar-refractivity contribution is 0.413. The van der Waals surface area contributed by atoms with E-state index in [4.69, 9.17) is 0 Å². The minimum atomic E-state index is -0.668. The molecule has 0 saturated carbocycles. The highest BCUT2D eigenvalue weighted by atomic mass is 79.9. The number of allylic oxidation sites excluding steroid dienone is 1. The summed E-state index contributed by atoms with van der Waals surface area (Å²) in [5.41, 5.74) is -0.735. The summed E-state index contributed by atoms with van der Waals surface area (Å²) < 4.78 is 1.70. The van der Waals surface area contributed by atoms with Crippen LogP contribution in [-0.4, -0.2) is 14.7 Å². The molecule has 6 heteroatoms. The Morgan fingerprint density at radius 1 is 1.37 bits per heavy atom. The zero-order valence-electron chi connectivity index (χ0n) is 9.89. The second kappa shape index (κ2) is 5.27. The normalized spacial score (nSPS) is 10.4. The van der Waals surface area contributed by atoms with Crippen LogP contribution >= 0.6 is 15.9 Å². The Balaban J connectivity index is 2.82. The molecule has 1 heterocycles. The average molecular weight is 323 g/mol. The molecule has 0 aliphatic heterocycles. The molecule has 0 atom stereocenters. The summed E-state index contributed by atoms with van der Waals surface area (Å²) in [5.74, 6) is -0.374. The van der Waals surface area contributed by atoms with Crippen LogP contribution in [0.5, 0.6) is 5.88 Å². The first-order chi connectivity index (χ1) is 9.06. The van der Waals surface area contributed by atoms with Crippen molar-refractivity contribution in [2.45, 2.75) is 6.54 Å². The molecular formula is C13H11BrN2O3. The minimum absolute atomic E-state index is 0.0499. The molecule has 5 nitrogen and oxygen atoms in total. The maximum atomic E-state index is 11.9. The molecule has 0 spiro atoms. The number of rotatable bonds is 3. The second-order valence-corrected chi connectivity index (χ2v) is 4.69. The van der Waals surface area contributed by atoms with E-state index in [1.54, 1.807) is 24.3 Å². The van der Waals surface area contributed by atoms with E-state index >= 15 is 0 Å². The summed E-state index contributed by atoms with van der Waals surface area (Å²) in [6, 6.07) is 6.95. The molecule has 0 saturated heterocycles. The molecule has 19 heavy (non-hydrogen) atoms. The molecule has 1 aromatic heterocycles. The summed E-state index contributed by atoms with van der Waals surface area (Å²) in [6.45, 7) is 3.62. The van der Waals surface area contributed by atoms with Gasteiger partial charge in [0.25, 0.3) is 5.56 Å². The van der Waals surface area contributed by atoms with Crippen molar-refractivity contribution in [1.82, 2.24) is 9.55 Å². The fourth-order valence-corrected chi connectivity index (χ4v) is 2.25. The van der Waals surface area contributed by atoms with Crippen molar-refractivity contribution in [2.75, 3.05) is 0 Å². The first-order valence-electron chi connectivity index (χ1n) is 5.48. The van der Waals surface area contributed by atoms with Crippen molar-refractivity contribution in [1.29, 1.82) is 0 Å². The average Bonchev–Trinajstić information content (AvgIpc) is 2.36. The summed E-state index contributed by atoms with van der Waals surface area (Å²) in [6.07, 6.45) is 1.46. The van der Waals surface area contributed by atoms with Gasteiger partial charge in [0.2, 0.25) is 5.88 Å². The number of nitrogens with one attached hydrogen (secondary N) is 1. The Bertz CT molecular complexity index is 746. The maximum absolute atomic E-state index is 11.9. The van der Waals surface area contributed by atoms with Crippen molar-refractivity contribution < 1.29 is 5.11 Å². The molecule has 1 aromatic carbocycles. The lowest BCUT2D eigenvalue weighted by atomic mass is 10.1. The van der Waals surface area contributed by atoms with E-state index in [0.717, 1.165) is 4.57 Å². The zero-order valence-corrected chi connectivity index (χ0v) is 11.5. The van der Waals surface area contributed by atoms with E-state index in [9.17, 15) is 14.7 Å². The molecule has 0 aliphatic carbocycles. The van der Waals surface area contributed by atoms with Gasteiger partial charge in [-0.3, -0.25) is 14.3 Å². The van der Waals surface area contributed by atoms with Crippen molar-refractivity contribution in [3.05, 3.63) is 62.2 Å². The molecule has 2 rings (SSSR count). The number of aromatic nitrogens is 2. The molecular weight excluding hydrogens is 312 g/mol.